The number of aromatic amines is 1. The predicted molar refractivity (Wildman–Crippen MR) is 114 cm³/mol. The Hall–Kier alpha value is -2.75. The van der Waals surface area contributed by atoms with Crippen molar-refractivity contribution in [1.82, 2.24) is 15.0 Å². The number of aromatic nitrogens is 3. The van der Waals surface area contributed by atoms with Gasteiger partial charge in [0.25, 0.3) is 0 Å². The van der Waals surface area contributed by atoms with Crippen LogP contribution < -0.4 is 0 Å². The van der Waals surface area contributed by atoms with Crippen LogP contribution in [0.3, 0.4) is 0 Å². The van der Waals surface area contributed by atoms with Gasteiger partial charge >= 0.3 is 0 Å². The number of nitrogens with zero attached hydrogens (tertiary/aromatic N) is 2. The van der Waals surface area contributed by atoms with Crippen LogP contribution >= 0.6 is 0 Å². The molecule has 2 heterocycles. The minimum atomic E-state index is -0.187. The summed E-state index contributed by atoms with van der Waals surface area (Å²) in [7, 11) is 0. The first kappa shape index (κ1) is 17.1. The molecular formula is C25H24FN3. The van der Waals surface area contributed by atoms with Gasteiger partial charge < -0.3 is 4.98 Å². The zero-order valence-electron chi connectivity index (χ0n) is 16.4. The average molecular weight is 385 g/mol. The van der Waals surface area contributed by atoms with E-state index in [1.807, 2.05) is 6.20 Å². The van der Waals surface area contributed by atoms with Gasteiger partial charge in [0, 0.05) is 17.5 Å². The quantitative estimate of drug-likeness (QED) is 0.433. The van der Waals surface area contributed by atoms with Gasteiger partial charge in [0.2, 0.25) is 0 Å². The van der Waals surface area contributed by atoms with Crippen molar-refractivity contribution in [3.8, 4) is 0 Å². The highest BCUT2D eigenvalue weighted by molar-refractivity contribution is 5.82. The molecule has 0 atom stereocenters. The van der Waals surface area contributed by atoms with E-state index in [1.54, 1.807) is 12.1 Å². The van der Waals surface area contributed by atoms with Crippen LogP contribution in [0.4, 0.5) is 4.39 Å². The second-order valence-corrected chi connectivity index (χ2v) is 8.78. The van der Waals surface area contributed by atoms with Gasteiger partial charge in [0.05, 0.1) is 16.6 Å². The molecule has 0 radical (unpaired) electrons. The van der Waals surface area contributed by atoms with Crippen LogP contribution in [-0.4, -0.2) is 15.0 Å². The molecule has 4 heteroatoms. The highest BCUT2D eigenvalue weighted by Crippen LogP contribution is 2.43. The largest absolute Gasteiger partial charge is 0.342 e. The minimum Gasteiger partial charge on any atom is -0.342 e. The van der Waals surface area contributed by atoms with Crippen molar-refractivity contribution in [2.24, 2.45) is 0 Å². The third-order valence-corrected chi connectivity index (χ3v) is 6.86. The fraction of sp³-hybridized carbons (Fsp3) is 0.360. The normalized spacial score (nSPS) is 22.4. The van der Waals surface area contributed by atoms with E-state index in [-0.39, 0.29) is 5.82 Å². The van der Waals surface area contributed by atoms with Crippen molar-refractivity contribution >= 4 is 21.9 Å². The average Bonchev–Trinajstić information content (AvgIpc) is 3.52. The van der Waals surface area contributed by atoms with Gasteiger partial charge in [-0.1, -0.05) is 6.07 Å². The topological polar surface area (TPSA) is 41.6 Å². The summed E-state index contributed by atoms with van der Waals surface area (Å²) in [6.07, 6.45) is 8.93. The summed E-state index contributed by atoms with van der Waals surface area (Å²) in [6, 6.07) is 13.7. The zero-order chi connectivity index (χ0) is 19.4. The third-order valence-electron chi connectivity index (χ3n) is 6.86. The lowest BCUT2D eigenvalue weighted by atomic mass is 9.77. The summed E-state index contributed by atoms with van der Waals surface area (Å²) in [5, 5.41) is 0.965. The van der Waals surface area contributed by atoms with Crippen LogP contribution in [-0.2, 0) is 0 Å². The van der Waals surface area contributed by atoms with E-state index in [9.17, 15) is 4.39 Å². The lowest BCUT2D eigenvalue weighted by Gasteiger charge is -2.28. The molecule has 4 aromatic rings. The fourth-order valence-electron chi connectivity index (χ4n) is 5.08. The lowest BCUT2D eigenvalue weighted by molar-refractivity contribution is 0.388. The number of halogens is 1. The molecule has 2 aromatic carbocycles. The Kier molecular flexibility index (Phi) is 3.93. The summed E-state index contributed by atoms with van der Waals surface area (Å²) in [6.45, 7) is 0. The van der Waals surface area contributed by atoms with E-state index in [0.717, 1.165) is 53.8 Å². The SMILES string of the molecule is Fc1ccc2nccc(C3CCC(c4nc5ccc(C6CC6)cc5[nH]4)CC3)c2c1. The molecule has 146 valence electrons. The van der Waals surface area contributed by atoms with Crippen LogP contribution in [0, 0.1) is 5.82 Å². The number of benzene rings is 2. The summed E-state index contributed by atoms with van der Waals surface area (Å²) < 4.78 is 13.8. The van der Waals surface area contributed by atoms with Gasteiger partial charge in [-0.05, 0) is 97.9 Å². The molecule has 2 aliphatic rings. The highest BCUT2D eigenvalue weighted by Gasteiger charge is 2.27. The maximum absolute atomic E-state index is 13.8. The molecule has 6 rings (SSSR count). The number of imidazole rings is 1. The van der Waals surface area contributed by atoms with E-state index < -0.39 is 0 Å². The Morgan fingerprint density at radius 2 is 1.55 bits per heavy atom. The van der Waals surface area contributed by atoms with Crippen LogP contribution in [0.5, 0.6) is 0 Å². The molecule has 2 aliphatic carbocycles. The molecule has 0 unspecified atom stereocenters. The van der Waals surface area contributed by atoms with Gasteiger partial charge in [0.1, 0.15) is 11.6 Å². The van der Waals surface area contributed by atoms with Crippen molar-refractivity contribution in [1.29, 1.82) is 0 Å². The molecular weight excluding hydrogens is 361 g/mol. The van der Waals surface area contributed by atoms with Gasteiger partial charge in [-0.15, -0.1) is 0 Å². The monoisotopic (exact) mass is 385 g/mol. The summed E-state index contributed by atoms with van der Waals surface area (Å²) in [5.41, 5.74) is 5.85. The Morgan fingerprint density at radius 3 is 2.38 bits per heavy atom. The fourth-order valence-corrected chi connectivity index (χ4v) is 5.08. The number of hydrogen-bond acceptors (Lipinski definition) is 2. The second-order valence-electron chi connectivity index (χ2n) is 8.78. The van der Waals surface area contributed by atoms with Crippen molar-refractivity contribution in [3.63, 3.8) is 0 Å². The molecule has 3 nitrogen and oxygen atoms in total. The molecule has 0 amide bonds. The molecule has 0 aliphatic heterocycles. The Bertz CT molecular complexity index is 1200. The Labute approximate surface area is 169 Å². The Morgan fingerprint density at radius 1 is 0.793 bits per heavy atom. The molecule has 1 N–H and O–H groups in total. The number of hydrogen-bond donors (Lipinski definition) is 1. The van der Waals surface area contributed by atoms with Crippen molar-refractivity contribution < 1.29 is 4.39 Å². The van der Waals surface area contributed by atoms with E-state index in [2.05, 4.69) is 34.2 Å². The van der Waals surface area contributed by atoms with Gasteiger partial charge in [0.15, 0.2) is 0 Å². The van der Waals surface area contributed by atoms with Crippen molar-refractivity contribution in [2.75, 3.05) is 0 Å². The molecule has 0 saturated heterocycles. The third kappa shape index (κ3) is 3.11. The second kappa shape index (κ2) is 6.65. The van der Waals surface area contributed by atoms with Crippen LogP contribution in [0.2, 0.25) is 0 Å². The molecule has 29 heavy (non-hydrogen) atoms. The summed E-state index contributed by atoms with van der Waals surface area (Å²) >= 11 is 0. The smallest absolute Gasteiger partial charge is 0.123 e. The Balaban J connectivity index is 1.23. The van der Waals surface area contributed by atoms with Crippen molar-refractivity contribution in [3.05, 3.63) is 71.4 Å². The zero-order valence-corrected chi connectivity index (χ0v) is 16.4. The number of nitrogens with one attached hydrogen (secondary N) is 1. The highest BCUT2D eigenvalue weighted by atomic mass is 19.1. The first-order chi connectivity index (χ1) is 14.2. The van der Waals surface area contributed by atoms with Crippen LogP contribution in [0.15, 0.2) is 48.7 Å². The molecule has 0 spiro atoms. The number of H-pyrrole nitrogens is 1. The van der Waals surface area contributed by atoms with Gasteiger partial charge in [-0.2, -0.15) is 0 Å². The van der Waals surface area contributed by atoms with Gasteiger partial charge in [-0.3, -0.25) is 4.98 Å². The maximum Gasteiger partial charge on any atom is 0.123 e. The minimum absolute atomic E-state index is 0.187. The molecule has 0 bridgehead atoms. The predicted octanol–water partition coefficient (Wildman–Crippen LogP) is 6.57. The number of fused-ring (bicyclic) bond motifs is 2. The molecule has 2 fully saturated rings. The van der Waals surface area contributed by atoms with Crippen LogP contribution in [0.25, 0.3) is 21.9 Å². The van der Waals surface area contributed by atoms with E-state index in [1.165, 1.54) is 35.6 Å². The molecule has 2 saturated carbocycles. The van der Waals surface area contributed by atoms with Crippen LogP contribution in [0.1, 0.15) is 73.2 Å². The summed E-state index contributed by atoms with van der Waals surface area (Å²) in [5.74, 6) is 2.66. The number of rotatable bonds is 3. The van der Waals surface area contributed by atoms with E-state index >= 15 is 0 Å². The van der Waals surface area contributed by atoms with Gasteiger partial charge in [-0.25, -0.2) is 9.37 Å². The van der Waals surface area contributed by atoms with E-state index in [0.29, 0.717) is 11.8 Å². The van der Waals surface area contributed by atoms with Crippen molar-refractivity contribution in [2.45, 2.75) is 56.3 Å². The van der Waals surface area contributed by atoms with E-state index in [4.69, 9.17) is 4.98 Å². The first-order valence-electron chi connectivity index (χ1n) is 10.8. The number of pyridine rings is 1. The summed E-state index contributed by atoms with van der Waals surface area (Å²) in [4.78, 5) is 12.9. The first-order valence-corrected chi connectivity index (χ1v) is 10.8. The molecule has 2 aromatic heterocycles. The maximum atomic E-state index is 13.8. The standard InChI is InChI=1S/C25H24FN3/c26-19-8-10-22-21(14-19)20(11-12-27-22)16-3-5-17(6-4-16)25-28-23-9-7-18(15-1-2-15)13-24(23)29-25/h7-17H,1-6H2,(H,28,29). The lowest BCUT2D eigenvalue weighted by Crippen LogP contribution is -2.13.